The zero-order valence-corrected chi connectivity index (χ0v) is 13.3. The lowest BCUT2D eigenvalue weighted by Crippen LogP contribution is -2.42. The Morgan fingerprint density at radius 2 is 2.17 bits per heavy atom. The van der Waals surface area contributed by atoms with Gasteiger partial charge in [0.1, 0.15) is 5.82 Å². The van der Waals surface area contributed by atoms with Gasteiger partial charge in [0.2, 0.25) is 5.91 Å². The van der Waals surface area contributed by atoms with Crippen molar-refractivity contribution in [3.8, 4) is 0 Å². The number of H-pyrrole nitrogens is 1. The maximum Gasteiger partial charge on any atom is 0.321 e. The van der Waals surface area contributed by atoms with Gasteiger partial charge in [-0.25, -0.2) is 14.2 Å². The molecule has 9 heteroatoms. The van der Waals surface area contributed by atoms with Crippen molar-refractivity contribution >= 4 is 34.6 Å². The lowest BCUT2D eigenvalue weighted by molar-refractivity contribution is -0.119. The van der Waals surface area contributed by atoms with Crippen molar-refractivity contribution in [3.05, 3.63) is 34.4 Å². The van der Waals surface area contributed by atoms with Gasteiger partial charge in [0.25, 0.3) is 5.56 Å². The van der Waals surface area contributed by atoms with Gasteiger partial charge < -0.3 is 10.3 Å². The second kappa shape index (κ2) is 7.23. The Morgan fingerprint density at radius 1 is 1.43 bits per heavy atom. The summed E-state index contributed by atoms with van der Waals surface area (Å²) in [4.78, 5) is 41.8. The van der Waals surface area contributed by atoms with Crippen molar-refractivity contribution < 1.29 is 14.0 Å². The van der Waals surface area contributed by atoms with Gasteiger partial charge in [-0.2, -0.15) is 0 Å². The highest BCUT2D eigenvalue weighted by Gasteiger charge is 2.18. The molecule has 1 aromatic heterocycles. The number of carbonyl (C=O) groups excluding carboxylic acids is 2. The van der Waals surface area contributed by atoms with Crippen molar-refractivity contribution in [1.29, 1.82) is 0 Å². The molecule has 0 aliphatic rings. The summed E-state index contributed by atoms with van der Waals surface area (Å²) in [5.74, 6) is -1.04. The van der Waals surface area contributed by atoms with Crippen LogP contribution in [0, 0.1) is 5.82 Å². The summed E-state index contributed by atoms with van der Waals surface area (Å²) in [6, 6.07) is 3.11. The fraction of sp³-hybridized carbons (Fsp3) is 0.286. The summed E-state index contributed by atoms with van der Waals surface area (Å²) in [5, 5.41) is 4.32. The molecule has 1 aromatic carbocycles. The maximum atomic E-state index is 13.1. The van der Waals surface area contributed by atoms with E-state index in [0.717, 1.165) is 17.8 Å². The number of halogens is 1. The van der Waals surface area contributed by atoms with Crippen molar-refractivity contribution in [3.63, 3.8) is 0 Å². The van der Waals surface area contributed by atoms with Gasteiger partial charge in [0.05, 0.1) is 16.2 Å². The summed E-state index contributed by atoms with van der Waals surface area (Å²) in [5.41, 5.74) is -0.165. The predicted molar refractivity (Wildman–Crippen MR) is 84.9 cm³/mol. The number of fused-ring (bicyclic) bond motifs is 1. The van der Waals surface area contributed by atoms with Crippen LogP contribution >= 0.6 is 11.8 Å². The number of hydrogen-bond acceptors (Lipinski definition) is 5. The van der Waals surface area contributed by atoms with Crippen LogP contribution in [0.3, 0.4) is 0 Å². The van der Waals surface area contributed by atoms with E-state index in [9.17, 15) is 18.8 Å². The fourth-order valence-electron chi connectivity index (χ4n) is 1.78. The van der Waals surface area contributed by atoms with E-state index >= 15 is 0 Å². The molecule has 0 radical (unpaired) electrons. The van der Waals surface area contributed by atoms with Crippen LogP contribution in [-0.2, 0) is 4.79 Å². The molecule has 0 aliphatic heterocycles. The Labute approximate surface area is 135 Å². The van der Waals surface area contributed by atoms with Gasteiger partial charge in [0, 0.05) is 6.54 Å². The van der Waals surface area contributed by atoms with E-state index in [2.05, 4.69) is 20.6 Å². The van der Waals surface area contributed by atoms with Gasteiger partial charge in [-0.1, -0.05) is 11.8 Å². The number of aromatic amines is 1. The fourth-order valence-corrected chi connectivity index (χ4v) is 2.59. The largest absolute Gasteiger partial charge is 0.338 e. The molecule has 3 N–H and O–H groups in total. The summed E-state index contributed by atoms with van der Waals surface area (Å²) >= 11 is 0.992. The number of benzene rings is 1. The van der Waals surface area contributed by atoms with E-state index in [1.807, 2.05) is 0 Å². The monoisotopic (exact) mass is 338 g/mol. The van der Waals surface area contributed by atoms with Crippen LogP contribution in [0.25, 0.3) is 10.9 Å². The smallest absolute Gasteiger partial charge is 0.321 e. The molecule has 1 heterocycles. The van der Waals surface area contributed by atoms with Gasteiger partial charge in [0.15, 0.2) is 5.16 Å². The molecule has 0 saturated carbocycles. The van der Waals surface area contributed by atoms with Crippen LogP contribution in [0.15, 0.2) is 28.2 Å². The number of imide groups is 1. The minimum Gasteiger partial charge on any atom is -0.338 e. The topological polar surface area (TPSA) is 104 Å². The van der Waals surface area contributed by atoms with Crippen LogP contribution < -0.4 is 16.2 Å². The van der Waals surface area contributed by atoms with Gasteiger partial charge in [-0.05, 0) is 32.0 Å². The van der Waals surface area contributed by atoms with Gasteiger partial charge >= 0.3 is 6.03 Å². The molecule has 7 nitrogen and oxygen atoms in total. The molecule has 0 aliphatic carbocycles. The van der Waals surface area contributed by atoms with E-state index in [1.54, 1.807) is 13.8 Å². The van der Waals surface area contributed by atoms with E-state index in [0.29, 0.717) is 12.1 Å². The molecular formula is C14H15FN4O3S. The molecule has 3 amide bonds. The van der Waals surface area contributed by atoms with Crippen molar-refractivity contribution in [2.24, 2.45) is 0 Å². The minimum absolute atomic E-state index is 0.133. The van der Waals surface area contributed by atoms with E-state index in [4.69, 9.17) is 0 Å². The minimum atomic E-state index is -0.654. The molecule has 0 saturated heterocycles. The Balaban J connectivity index is 2.15. The number of rotatable bonds is 4. The second-order valence-corrected chi connectivity index (χ2v) is 5.97. The first-order chi connectivity index (χ1) is 10.9. The van der Waals surface area contributed by atoms with Crippen LogP contribution in [0.4, 0.5) is 9.18 Å². The molecule has 0 bridgehead atoms. The quantitative estimate of drug-likeness (QED) is 0.577. The molecular weight excluding hydrogens is 323 g/mol. The number of nitrogens with one attached hydrogen (secondary N) is 3. The Bertz CT molecular complexity index is 808. The highest BCUT2D eigenvalue weighted by molar-refractivity contribution is 8.00. The molecule has 2 rings (SSSR count). The number of hydrogen-bond donors (Lipinski definition) is 3. The number of amides is 3. The summed E-state index contributed by atoms with van der Waals surface area (Å²) in [6.07, 6.45) is 0. The molecule has 122 valence electrons. The third-order valence-corrected chi connectivity index (χ3v) is 3.86. The zero-order chi connectivity index (χ0) is 17.0. The molecule has 23 heavy (non-hydrogen) atoms. The maximum absolute atomic E-state index is 13.1. The molecule has 0 fully saturated rings. The normalized spacial score (nSPS) is 12.0. The first kappa shape index (κ1) is 16.9. The van der Waals surface area contributed by atoms with Gasteiger partial charge in [-0.15, -0.1) is 0 Å². The highest BCUT2D eigenvalue weighted by Crippen LogP contribution is 2.20. The average molecular weight is 338 g/mol. The number of nitrogens with zero attached hydrogens (tertiary/aromatic N) is 1. The van der Waals surface area contributed by atoms with Crippen molar-refractivity contribution in [2.45, 2.75) is 24.3 Å². The number of urea groups is 1. The summed E-state index contributed by atoms with van der Waals surface area (Å²) in [7, 11) is 0. The summed E-state index contributed by atoms with van der Waals surface area (Å²) in [6.45, 7) is 3.71. The van der Waals surface area contributed by atoms with E-state index in [1.165, 1.54) is 12.1 Å². The Morgan fingerprint density at radius 3 is 2.87 bits per heavy atom. The molecule has 0 spiro atoms. The van der Waals surface area contributed by atoms with E-state index in [-0.39, 0.29) is 10.5 Å². The van der Waals surface area contributed by atoms with Crippen LogP contribution in [0.2, 0.25) is 0 Å². The Kier molecular flexibility index (Phi) is 5.32. The number of thioether (sulfide) groups is 1. The first-order valence-electron chi connectivity index (χ1n) is 6.85. The van der Waals surface area contributed by atoms with Crippen LogP contribution in [0.5, 0.6) is 0 Å². The highest BCUT2D eigenvalue weighted by atomic mass is 32.2. The van der Waals surface area contributed by atoms with E-state index < -0.39 is 28.6 Å². The first-order valence-corrected chi connectivity index (χ1v) is 7.73. The van der Waals surface area contributed by atoms with Crippen molar-refractivity contribution in [2.75, 3.05) is 6.54 Å². The van der Waals surface area contributed by atoms with Gasteiger partial charge in [-0.3, -0.25) is 14.9 Å². The van der Waals surface area contributed by atoms with Crippen molar-refractivity contribution in [1.82, 2.24) is 20.6 Å². The lowest BCUT2D eigenvalue weighted by atomic mass is 10.2. The standard InChI is InChI=1S/C14H15FN4O3S/c1-3-16-13(22)18-11(20)7(2)23-14-17-10-5-4-8(15)6-9(10)12(21)19-14/h4-7H,3H2,1-2H3,(H,17,19,21)(H2,16,18,20,22). The number of carbonyl (C=O) groups is 2. The van der Waals surface area contributed by atoms with Crippen LogP contribution in [0.1, 0.15) is 13.8 Å². The average Bonchev–Trinajstić information content (AvgIpc) is 2.48. The predicted octanol–water partition coefficient (Wildman–Crippen LogP) is 1.39. The Hall–Kier alpha value is -2.42. The lowest BCUT2D eigenvalue weighted by Gasteiger charge is -2.11. The third kappa shape index (κ3) is 4.28. The second-order valence-electron chi connectivity index (χ2n) is 4.64. The van der Waals surface area contributed by atoms with Crippen LogP contribution in [-0.4, -0.2) is 33.7 Å². The SMILES string of the molecule is CCNC(=O)NC(=O)C(C)Sc1nc2ccc(F)cc2c(=O)[nH]1. The number of aromatic nitrogens is 2. The third-order valence-electron chi connectivity index (χ3n) is 2.88. The molecule has 2 aromatic rings. The zero-order valence-electron chi connectivity index (χ0n) is 12.5. The molecule has 1 atom stereocenters. The molecule has 1 unspecified atom stereocenters. The summed E-state index contributed by atoms with van der Waals surface area (Å²) < 4.78 is 13.1.